The van der Waals surface area contributed by atoms with E-state index in [1.54, 1.807) is 31.2 Å². The van der Waals surface area contributed by atoms with Gasteiger partial charge in [0.25, 0.3) is 5.91 Å². The predicted octanol–water partition coefficient (Wildman–Crippen LogP) is 1.71. The van der Waals surface area contributed by atoms with Gasteiger partial charge in [0.15, 0.2) is 6.61 Å². The summed E-state index contributed by atoms with van der Waals surface area (Å²) in [6, 6.07) is 6.77. The standard InChI is InChI=1S/C14H18ClNO5/c1-14(9-20-2,7-13(18)19)16-12(17)8-21-11-6-4-3-5-10(11)15/h3-6H,7-9H2,1-2H3,(H,16,17)(H,18,19). The molecule has 0 spiro atoms. The third-order valence-corrected chi connectivity index (χ3v) is 2.95. The second kappa shape index (κ2) is 7.85. The van der Waals surface area contributed by atoms with Gasteiger partial charge in [-0.05, 0) is 19.1 Å². The lowest BCUT2D eigenvalue weighted by Gasteiger charge is -2.28. The fourth-order valence-electron chi connectivity index (χ4n) is 1.86. The summed E-state index contributed by atoms with van der Waals surface area (Å²) in [6.45, 7) is 1.41. The van der Waals surface area contributed by atoms with Gasteiger partial charge >= 0.3 is 5.97 Å². The maximum Gasteiger partial charge on any atom is 0.305 e. The van der Waals surface area contributed by atoms with Crippen molar-refractivity contribution in [3.8, 4) is 5.75 Å². The molecule has 0 aliphatic carbocycles. The van der Waals surface area contributed by atoms with E-state index in [2.05, 4.69) is 5.32 Å². The number of ether oxygens (including phenoxy) is 2. The third-order valence-electron chi connectivity index (χ3n) is 2.64. The Hall–Kier alpha value is -1.79. The topological polar surface area (TPSA) is 84.9 Å². The molecule has 0 radical (unpaired) electrons. The maximum absolute atomic E-state index is 11.9. The van der Waals surface area contributed by atoms with Gasteiger partial charge in [0.2, 0.25) is 0 Å². The van der Waals surface area contributed by atoms with Gasteiger partial charge in [-0.2, -0.15) is 0 Å². The largest absolute Gasteiger partial charge is 0.482 e. The summed E-state index contributed by atoms with van der Waals surface area (Å²) in [4.78, 5) is 22.7. The second-order valence-corrected chi connectivity index (χ2v) is 5.24. The Morgan fingerprint density at radius 2 is 2.05 bits per heavy atom. The Morgan fingerprint density at radius 3 is 2.62 bits per heavy atom. The minimum absolute atomic E-state index is 0.0805. The molecule has 1 amide bonds. The zero-order chi connectivity index (χ0) is 15.9. The van der Waals surface area contributed by atoms with Crippen molar-refractivity contribution in [3.05, 3.63) is 29.3 Å². The van der Waals surface area contributed by atoms with Crippen LogP contribution in [0, 0.1) is 0 Å². The second-order valence-electron chi connectivity index (χ2n) is 4.83. The number of rotatable bonds is 8. The highest BCUT2D eigenvalue weighted by Crippen LogP contribution is 2.22. The fourth-order valence-corrected chi connectivity index (χ4v) is 2.05. The first kappa shape index (κ1) is 17.3. The van der Waals surface area contributed by atoms with Crippen molar-refractivity contribution >= 4 is 23.5 Å². The van der Waals surface area contributed by atoms with Crippen LogP contribution < -0.4 is 10.1 Å². The molecule has 116 valence electrons. The monoisotopic (exact) mass is 315 g/mol. The summed E-state index contributed by atoms with van der Waals surface area (Å²) in [5.41, 5.74) is -0.999. The van der Waals surface area contributed by atoms with Crippen molar-refractivity contribution in [1.29, 1.82) is 0 Å². The van der Waals surface area contributed by atoms with Crippen LogP contribution in [0.3, 0.4) is 0 Å². The first-order chi connectivity index (χ1) is 9.86. The highest BCUT2D eigenvalue weighted by Gasteiger charge is 2.29. The molecule has 0 saturated carbocycles. The Bertz CT molecular complexity index is 508. The van der Waals surface area contributed by atoms with E-state index in [0.717, 1.165) is 0 Å². The smallest absolute Gasteiger partial charge is 0.305 e. The van der Waals surface area contributed by atoms with Gasteiger partial charge in [-0.3, -0.25) is 9.59 Å². The summed E-state index contributed by atoms with van der Waals surface area (Å²) in [7, 11) is 1.44. The molecule has 1 unspecified atom stereocenters. The molecule has 0 bridgehead atoms. The maximum atomic E-state index is 11.9. The number of halogens is 1. The van der Waals surface area contributed by atoms with E-state index in [9.17, 15) is 9.59 Å². The van der Waals surface area contributed by atoms with Crippen molar-refractivity contribution < 1.29 is 24.2 Å². The Labute approximate surface area is 128 Å². The number of amides is 1. The molecular formula is C14H18ClNO5. The molecule has 1 atom stereocenters. The lowest BCUT2D eigenvalue weighted by molar-refractivity contribution is -0.139. The zero-order valence-electron chi connectivity index (χ0n) is 11.9. The molecule has 1 rings (SSSR count). The minimum Gasteiger partial charge on any atom is -0.482 e. The van der Waals surface area contributed by atoms with E-state index in [0.29, 0.717) is 10.8 Å². The molecule has 1 aromatic rings. The molecule has 0 saturated heterocycles. The molecule has 0 fully saturated rings. The summed E-state index contributed by atoms with van der Waals surface area (Å²) < 4.78 is 10.2. The highest BCUT2D eigenvalue weighted by atomic mass is 35.5. The summed E-state index contributed by atoms with van der Waals surface area (Å²) in [5, 5.41) is 11.9. The van der Waals surface area contributed by atoms with Crippen LogP contribution in [-0.4, -0.2) is 42.8 Å². The van der Waals surface area contributed by atoms with Gasteiger partial charge in [0, 0.05) is 7.11 Å². The average molecular weight is 316 g/mol. The minimum atomic E-state index is -1.03. The van der Waals surface area contributed by atoms with Crippen molar-refractivity contribution in [3.63, 3.8) is 0 Å². The number of carboxylic acids is 1. The lowest BCUT2D eigenvalue weighted by Crippen LogP contribution is -2.52. The van der Waals surface area contributed by atoms with Gasteiger partial charge in [-0.15, -0.1) is 0 Å². The summed E-state index contributed by atoms with van der Waals surface area (Å²) in [5.74, 6) is -1.08. The fraction of sp³-hybridized carbons (Fsp3) is 0.429. The van der Waals surface area contributed by atoms with E-state index in [4.69, 9.17) is 26.2 Å². The first-order valence-electron chi connectivity index (χ1n) is 6.25. The predicted molar refractivity (Wildman–Crippen MR) is 77.6 cm³/mol. The number of hydrogen-bond donors (Lipinski definition) is 2. The molecule has 0 aromatic heterocycles. The Morgan fingerprint density at radius 1 is 1.38 bits per heavy atom. The third kappa shape index (κ3) is 6.01. The van der Waals surface area contributed by atoms with Crippen LogP contribution in [0.15, 0.2) is 24.3 Å². The number of carboxylic acid groups (broad SMARTS) is 1. The Kier molecular flexibility index (Phi) is 6.45. The van der Waals surface area contributed by atoms with Crippen LogP contribution >= 0.6 is 11.6 Å². The van der Waals surface area contributed by atoms with Gasteiger partial charge in [-0.25, -0.2) is 0 Å². The quantitative estimate of drug-likeness (QED) is 0.763. The molecule has 2 N–H and O–H groups in total. The molecular weight excluding hydrogens is 298 g/mol. The molecule has 0 aliphatic heterocycles. The van der Waals surface area contributed by atoms with E-state index < -0.39 is 17.4 Å². The molecule has 0 aliphatic rings. The van der Waals surface area contributed by atoms with Crippen LogP contribution in [0.4, 0.5) is 0 Å². The normalized spacial score (nSPS) is 13.3. The molecule has 7 heteroatoms. The summed E-state index contributed by atoms with van der Waals surface area (Å²) >= 11 is 5.90. The number of aliphatic carboxylic acids is 1. The van der Waals surface area contributed by atoms with E-state index in [1.165, 1.54) is 7.11 Å². The van der Waals surface area contributed by atoms with Crippen molar-refractivity contribution in [2.24, 2.45) is 0 Å². The number of nitrogens with one attached hydrogen (secondary N) is 1. The van der Waals surface area contributed by atoms with Crippen LogP contribution in [0.1, 0.15) is 13.3 Å². The summed E-state index contributed by atoms with van der Waals surface area (Å²) in [6.07, 6.45) is -0.251. The van der Waals surface area contributed by atoms with E-state index in [1.807, 2.05) is 0 Å². The van der Waals surface area contributed by atoms with Crippen LogP contribution in [0.5, 0.6) is 5.75 Å². The number of carbonyl (C=O) groups excluding carboxylic acids is 1. The lowest BCUT2D eigenvalue weighted by atomic mass is 9.99. The molecule has 1 aromatic carbocycles. The Balaban J connectivity index is 2.58. The van der Waals surface area contributed by atoms with E-state index >= 15 is 0 Å². The van der Waals surface area contributed by atoms with Crippen molar-refractivity contribution in [2.45, 2.75) is 18.9 Å². The number of hydrogen-bond acceptors (Lipinski definition) is 4. The van der Waals surface area contributed by atoms with Gasteiger partial charge in [0.1, 0.15) is 5.75 Å². The highest BCUT2D eigenvalue weighted by molar-refractivity contribution is 6.32. The average Bonchev–Trinajstić information content (AvgIpc) is 2.36. The molecule has 21 heavy (non-hydrogen) atoms. The number of carbonyl (C=O) groups is 2. The van der Waals surface area contributed by atoms with Crippen LogP contribution in [-0.2, 0) is 14.3 Å². The zero-order valence-corrected chi connectivity index (χ0v) is 12.6. The number of benzene rings is 1. The molecule has 0 heterocycles. The van der Waals surface area contributed by atoms with Crippen molar-refractivity contribution in [1.82, 2.24) is 5.32 Å². The SMILES string of the molecule is COCC(C)(CC(=O)O)NC(=O)COc1ccccc1Cl. The van der Waals surface area contributed by atoms with Crippen LogP contribution in [0.2, 0.25) is 5.02 Å². The number of methoxy groups -OCH3 is 1. The number of para-hydroxylation sites is 1. The van der Waals surface area contributed by atoms with E-state index in [-0.39, 0.29) is 19.6 Å². The van der Waals surface area contributed by atoms with Gasteiger partial charge in [0.05, 0.1) is 23.6 Å². The molecule has 6 nitrogen and oxygen atoms in total. The van der Waals surface area contributed by atoms with Gasteiger partial charge < -0.3 is 19.9 Å². The first-order valence-corrected chi connectivity index (χ1v) is 6.63. The van der Waals surface area contributed by atoms with Crippen LogP contribution in [0.25, 0.3) is 0 Å². The van der Waals surface area contributed by atoms with Gasteiger partial charge in [-0.1, -0.05) is 23.7 Å². The van der Waals surface area contributed by atoms with Crippen molar-refractivity contribution in [2.75, 3.05) is 20.3 Å².